The van der Waals surface area contributed by atoms with Gasteiger partial charge in [0.2, 0.25) is 0 Å². The number of methoxy groups -OCH3 is 1. The molecule has 1 unspecified atom stereocenters. The summed E-state index contributed by atoms with van der Waals surface area (Å²) in [6, 6.07) is 0. The maximum atomic E-state index is 11.2. The van der Waals surface area contributed by atoms with Crippen LogP contribution in [0.2, 0.25) is 0 Å². The number of esters is 1. The Hall–Kier alpha value is -0.860. The predicted molar refractivity (Wildman–Crippen MR) is 43.5 cm³/mol. The standard InChI is InChI=1S/C9H14O3/c1-6(9(11)12-2)7-4-3-5-8(7)10/h6-7H,3-5H2,1-2H3/t6-,7?/m0/s1. The molecule has 0 bridgehead atoms. The zero-order chi connectivity index (χ0) is 9.14. The van der Waals surface area contributed by atoms with Crippen molar-refractivity contribution in [2.24, 2.45) is 11.8 Å². The average Bonchev–Trinajstić information content (AvgIpc) is 2.48. The van der Waals surface area contributed by atoms with Crippen molar-refractivity contribution < 1.29 is 14.3 Å². The molecule has 0 spiro atoms. The lowest BCUT2D eigenvalue weighted by Gasteiger charge is -2.14. The highest BCUT2D eigenvalue weighted by molar-refractivity contribution is 5.88. The lowest BCUT2D eigenvalue weighted by molar-refractivity contribution is -0.148. The minimum Gasteiger partial charge on any atom is -0.469 e. The summed E-state index contributed by atoms with van der Waals surface area (Å²) in [5.74, 6) is -0.398. The van der Waals surface area contributed by atoms with E-state index < -0.39 is 0 Å². The first-order valence-electron chi connectivity index (χ1n) is 4.27. The van der Waals surface area contributed by atoms with Crippen molar-refractivity contribution in [3.05, 3.63) is 0 Å². The Kier molecular flexibility index (Phi) is 2.84. The van der Waals surface area contributed by atoms with E-state index in [9.17, 15) is 9.59 Å². The van der Waals surface area contributed by atoms with Gasteiger partial charge in [-0.15, -0.1) is 0 Å². The van der Waals surface area contributed by atoms with Gasteiger partial charge in [-0.05, 0) is 12.8 Å². The molecule has 0 aliphatic heterocycles. The smallest absolute Gasteiger partial charge is 0.309 e. The second-order valence-corrected chi connectivity index (χ2v) is 3.28. The number of carbonyl (C=O) groups is 2. The molecule has 3 nitrogen and oxygen atoms in total. The summed E-state index contributed by atoms with van der Waals surface area (Å²) in [5.41, 5.74) is 0. The fourth-order valence-corrected chi connectivity index (χ4v) is 1.72. The highest BCUT2D eigenvalue weighted by atomic mass is 16.5. The van der Waals surface area contributed by atoms with Crippen molar-refractivity contribution in [2.75, 3.05) is 7.11 Å². The molecular weight excluding hydrogens is 156 g/mol. The topological polar surface area (TPSA) is 43.4 Å². The molecular formula is C9H14O3. The minimum absolute atomic E-state index is 0.0857. The molecule has 0 N–H and O–H groups in total. The van der Waals surface area contributed by atoms with E-state index in [2.05, 4.69) is 4.74 Å². The normalized spacial score (nSPS) is 25.5. The maximum Gasteiger partial charge on any atom is 0.309 e. The molecule has 12 heavy (non-hydrogen) atoms. The highest BCUT2D eigenvalue weighted by Crippen LogP contribution is 2.28. The van der Waals surface area contributed by atoms with Crippen molar-refractivity contribution in [2.45, 2.75) is 26.2 Å². The fraction of sp³-hybridized carbons (Fsp3) is 0.778. The molecule has 3 heteroatoms. The van der Waals surface area contributed by atoms with Gasteiger partial charge in [0.05, 0.1) is 13.0 Å². The Balaban J connectivity index is 2.57. The third-order valence-electron chi connectivity index (χ3n) is 2.53. The van der Waals surface area contributed by atoms with Crippen LogP contribution in [0, 0.1) is 11.8 Å². The van der Waals surface area contributed by atoms with Crippen molar-refractivity contribution in [1.82, 2.24) is 0 Å². The molecule has 68 valence electrons. The van der Waals surface area contributed by atoms with Gasteiger partial charge in [0.25, 0.3) is 0 Å². The molecule has 0 saturated heterocycles. The van der Waals surface area contributed by atoms with Crippen molar-refractivity contribution in [1.29, 1.82) is 0 Å². The Morgan fingerprint density at radius 1 is 1.67 bits per heavy atom. The average molecular weight is 170 g/mol. The van der Waals surface area contributed by atoms with Crippen LogP contribution < -0.4 is 0 Å². The molecule has 1 saturated carbocycles. The zero-order valence-electron chi connectivity index (χ0n) is 7.50. The summed E-state index contributed by atoms with van der Waals surface area (Å²) in [6.45, 7) is 1.76. The molecule has 1 aliphatic carbocycles. The Morgan fingerprint density at radius 3 is 2.75 bits per heavy atom. The Labute approximate surface area is 72.1 Å². The fourth-order valence-electron chi connectivity index (χ4n) is 1.72. The zero-order valence-corrected chi connectivity index (χ0v) is 7.50. The number of Topliss-reactive ketones (excluding diaryl/α,β-unsaturated/α-hetero) is 1. The van der Waals surface area contributed by atoms with Crippen LogP contribution >= 0.6 is 0 Å². The van der Waals surface area contributed by atoms with Crippen LogP contribution in [-0.2, 0) is 14.3 Å². The molecule has 0 aromatic carbocycles. The first-order chi connectivity index (χ1) is 5.66. The lowest BCUT2D eigenvalue weighted by Crippen LogP contribution is -2.24. The quantitative estimate of drug-likeness (QED) is 0.584. The predicted octanol–water partition coefficient (Wildman–Crippen LogP) is 1.16. The van der Waals surface area contributed by atoms with E-state index >= 15 is 0 Å². The first-order valence-corrected chi connectivity index (χ1v) is 4.27. The first kappa shape index (κ1) is 9.23. The summed E-state index contributed by atoms with van der Waals surface area (Å²) in [7, 11) is 1.36. The van der Waals surface area contributed by atoms with Gasteiger partial charge in [-0.3, -0.25) is 9.59 Å². The number of rotatable bonds is 2. The van der Waals surface area contributed by atoms with Gasteiger partial charge in [-0.25, -0.2) is 0 Å². The number of hydrogen-bond donors (Lipinski definition) is 0. The number of ether oxygens (including phenoxy) is 1. The molecule has 1 aliphatic rings. The van der Waals surface area contributed by atoms with Crippen LogP contribution in [0.3, 0.4) is 0 Å². The van der Waals surface area contributed by atoms with Gasteiger partial charge >= 0.3 is 5.97 Å². The highest BCUT2D eigenvalue weighted by Gasteiger charge is 2.33. The van der Waals surface area contributed by atoms with Crippen molar-refractivity contribution in [3.63, 3.8) is 0 Å². The van der Waals surface area contributed by atoms with E-state index in [1.807, 2.05) is 0 Å². The minimum atomic E-state index is -0.268. The van der Waals surface area contributed by atoms with Crippen LogP contribution in [0.25, 0.3) is 0 Å². The molecule has 0 heterocycles. The maximum absolute atomic E-state index is 11.2. The van der Waals surface area contributed by atoms with Gasteiger partial charge in [0.1, 0.15) is 5.78 Å². The summed E-state index contributed by atoms with van der Waals surface area (Å²) < 4.78 is 4.58. The van der Waals surface area contributed by atoms with Crippen LogP contribution in [0.5, 0.6) is 0 Å². The van der Waals surface area contributed by atoms with Gasteiger partial charge < -0.3 is 4.74 Å². The molecule has 2 atom stereocenters. The van der Waals surface area contributed by atoms with Gasteiger partial charge in [-0.1, -0.05) is 6.92 Å². The van der Waals surface area contributed by atoms with E-state index in [1.165, 1.54) is 7.11 Å². The SMILES string of the molecule is COC(=O)[C@@H](C)C1CCCC1=O. The van der Waals surface area contributed by atoms with Gasteiger partial charge in [0, 0.05) is 12.3 Å². The Morgan fingerprint density at radius 2 is 2.33 bits per heavy atom. The molecule has 0 amide bonds. The van der Waals surface area contributed by atoms with E-state index in [0.29, 0.717) is 6.42 Å². The van der Waals surface area contributed by atoms with Crippen molar-refractivity contribution >= 4 is 11.8 Å². The van der Waals surface area contributed by atoms with E-state index in [4.69, 9.17) is 0 Å². The summed E-state index contributed by atoms with van der Waals surface area (Å²) in [6.07, 6.45) is 2.39. The largest absolute Gasteiger partial charge is 0.469 e. The van der Waals surface area contributed by atoms with E-state index in [0.717, 1.165) is 12.8 Å². The van der Waals surface area contributed by atoms with E-state index in [1.54, 1.807) is 6.92 Å². The second-order valence-electron chi connectivity index (χ2n) is 3.28. The third kappa shape index (κ3) is 1.65. The molecule has 0 aromatic rings. The third-order valence-corrected chi connectivity index (χ3v) is 2.53. The summed E-state index contributed by atoms with van der Waals surface area (Å²) >= 11 is 0. The number of hydrogen-bond acceptors (Lipinski definition) is 3. The molecule has 1 rings (SSSR count). The Bertz CT molecular complexity index is 198. The second kappa shape index (κ2) is 3.70. The number of carbonyl (C=O) groups excluding carboxylic acids is 2. The molecule has 1 fully saturated rings. The van der Waals surface area contributed by atoms with Gasteiger partial charge in [-0.2, -0.15) is 0 Å². The van der Waals surface area contributed by atoms with Crippen LogP contribution in [0.15, 0.2) is 0 Å². The van der Waals surface area contributed by atoms with Crippen LogP contribution in [0.1, 0.15) is 26.2 Å². The molecule has 0 radical (unpaired) electrons. The van der Waals surface area contributed by atoms with Crippen molar-refractivity contribution in [3.8, 4) is 0 Å². The monoisotopic (exact) mass is 170 g/mol. The van der Waals surface area contributed by atoms with Gasteiger partial charge in [0.15, 0.2) is 0 Å². The molecule has 0 aromatic heterocycles. The number of ketones is 1. The summed E-state index contributed by atoms with van der Waals surface area (Å²) in [5, 5.41) is 0. The lowest BCUT2D eigenvalue weighted by atomic mass is 9.92. The summed E-state index contributed by atoms with van der Waals surface area (Å²) in [4.78, 5) is 22.3. The van der Waals surface area contributed by atoms with Crippen LogP contribution in [-0.4, -0.2) is 18.9 Å². The van der Waals surface area contributed by atoms with Crippen LogP contribution in [0.4, 0.5) is 0 Å². The van der Waals surface area contributed by atoms with E-state index in [-0.39, 0.29) is 23.6 Å².